The molecule has 3 aromatic rings. The van der Waals surface area contributed by atoms with Crippen LogP contribution in [0.4, 0.5) is 23.9 Å². The van der Waals surface area contributed by atoms with E-state index in [2.05, 4.69) is 15.3 Å². The summed E-state index contributed by atoms with van der Waals surface area (Å²) in [5.74, 6) is -0.678. The zero-order valence-electron chi connectivity index (χ0n) is 27.4. The summed E-state index contributed by atoms with van der Waals surface area (Å²) in [7, 11) is 1.25. The lowest BCUT2D eigenvalue weighted by atomic mass is 9.87. The number of alkyl carbamates (subject to hydrolysis) is 1. The lowest BCUT2D eigenvalue weighted by molar-refractivity contribution is -0.193. The Labute approximate surface area is 285 Å². The summed E-state index contributed by atoms with van der Waals surface area (Å²) in [6.45, 7) is 3.49. The summed E-state index contributed by atoms with van der Waals surface area (Å²) in [6, 6.07) is 10.8. The first kappa shape index (κ1) is 36.1. The number of hydrogen-bond acceptors (Lipinski definition) is 9. The van der Waals surface area contributed by atoms with Crippen LogP contribution in [0.3, 0.4) is 0 Å². The van der Waals surface area contributed by atoms with Crippen molar-refractivity contribution in [3.8, 4) is 17.1 Å². The average molecular weight is 703 g/mol. The molecule has 1 unspecified atom stereocenters. The van der Waals surface area contributed by atoms with Gasteiger partial charge in [-0.2, -0.15) is 18.2 Å². The van der Waals surface area contributed by atoms with Crippen molar-refractivity contribution < 1.29 is 41.0 Å². The Balaban J connectivity index is 1.51. The standard InChI is InChI=1S/C34H40F3N5O6S/c1-20-6-4-7-21(2)29(20)27-17-28(41-31(38)40-27)48-19-25(18-33(14-15-33)34(35,36)37)42(24-12-10-23(11-13-24)39-32(44)47-3)30(43)22-8-5-9-26(16-22)49(45)46/h4-9,16-17,23-25H,10-15,18-19H2,1-3H3,(H,39,44)(H,45,46)(H2,38,40,41)/p-1/t23?,24?,25-/m1/s1. The number of anilines is 1. The lowest BCUT2D eigenvalue weighted by Gasteiger charge is -2.42. The molecule has 0 bridgehead atoms. The van der Waals surface area contributed by atoms with E-state index in [0.29, 0.717) is 31.4 Å². The second-order valence-electron chi connectivity index (χ2n) is 12.8. The van der Waals surface area contributed by atoms with Crippen LogP contribution in [0, 0.1) is 19.3 Å². The number of carbonyl (C=O) groups excluding carboxylic acids is 2. The zero-order chi connectivity index (χ0) is 35.5. The van der Waals surface area contributed by atoms with E-state index in [1.165, 1.54) is 36.3 Å². The van der Waals surface area contributed by atoms with Gasteiger partial charge in [-0.1, -0.05) is 24.3 Å². The van der Waals surface area contributed by atoms with E-state index < -0.39 is 53.2 Å². The van der Waals surface area contributed by atoms with Crippen molar-refractivity contribution in [2.75, 3.05) is 19.5 Å². The molecule has 2 saturated carbocycles. The molecule has 0 saturated heterocycles. The maximum atomic E-state index is 14.5. The molecule has 1 heterocycles. The van der Waals surface area contributed by atoms with Crippen molar-refractivity contribution >= 4 is 29.0 Å². The number of carbonyl (C=O) groups is 2. The number of nitrogens with zero attached hydrogens (tertiary/aromatic N) is 3. The Kier molecular flexibility index (Phi) is 10.8. The summed E-state index contributed by atoms with van der Waals surface area (Å²) >= 11 is -2.64. The number of hydrogen-bond donors (Lipinski definition) is 2. The second kappa shape index (κ2) is 14.7. The first-order chi connectivity index (χ1) is 23.2. The summed E-state index contributed by atoms with van der Waals surface area (Å²) in [5, 5.41) is 2.75. The number of ether oxygens (including phenoxy) is 2. The van der Waals surface area contributed by atoms with E-state index in [1.54, 1.807) is 6.07 Å². The monoisotopic (exact) mass is 702 g/mol. The normalized spacial score (nSPS) is 19.7. The van der Waals surface area contributed by atoms with Crippen molar-refractivity contribution in [3.05, 3.63) is 65.2 Å². The molecule has 0 aliphatic heterocycles. The van der Waals surface area contributed by atoms with Crippen LogP contribution in [0.2, 0.25) is 0 Å². The smallest absolute Gasteiger partial charge is 0.407 e. The van der Waals surface area contributed by atoms with Gasteiger partial charge in [0.15, 0.2) is 0 Å². The topological polar surface area (TPSA) is 160 Å². The highest BCUT2D eigenvalue weighted by Crippen LogP contribution is 2.61. The maximum Gasteiger partial charge on any atom is 0.407 e. The zero-order valence-corrected chi connectivity index (χ0v) is 28.2. The minimum absolute atomic E-state index is 0.0157. The number of aryl methyl sites for hydroxylation is 2. The molecule has 2 atom stereocenters. The second-order valence-corrected chi connectivity index (χ2v) is 13.7. The van der Waals surface area contributed by atoms with Gasteiger partial charge in [0.25, 0.3) is 5.91 Å². The molecule has 0 radical (unpaired) electrons. The number of nitrogens with two attached hydrogens (primary N) is 1. The summed E-state index contributed by atoms with van der Waals surface area (Å²) in [4.78, 5) is 36.1. The molecule has 264 valence electrons. The van der Waals surface area contributed by atoms with Gasteiger partial charge in [-0.3, -0.25) is 9.00 Å². The van der Waals surface area contributed by atoms with E-state index in [0.717, 1.165) is 16.7 Å². The van der Waals surface area contributed by atoms with Gasteiger partial charge in [-0.05, 0) is 99.2 Å². The van der Waals surface area contributed by atoms with E-state index >= 15 is 0 Å². The molecule has 2 fully saturated rings. The molecule has 1 aromatic heterocycles. The fourth-order valence-electron chi connectivity index (χ4n) is 6.72. The molecule has 2 amide bonds. The number of aromatic nitrogens is 2. The number of methoxy groups -OCH3 is 1. The lowest BCUT2D eigenvalue weighted by Crippen LogP contribution is -2.53. The summed E-state index contributed by atoms with van der Waals surface area (Å²) < 4.78 is 77.7. The van der Waals surface area contributed by atoms with Crippen LogP contribution in [-0.4, -0.2) is 73.6 Å². The van der Waals surface area contributed by atoms with Gasteiger partial charge in [0.05, 0.1) is 24.3 Å². The highest BCUT2D eigenvalue weighted by Gasteiger charge is 2.64. The van der Waals surface area contributed by atoms with Crippen LogP contribution in [-0.2, 0) is 15.8 Å². The number of nitrogens with one attached hydrogen (secondary N) is 1. The highest BCUT2D eigenvalue weighted by atomic mass is 32.2. The van der Waals surface area contributed by atoms with Crippen molar-refractivity contribution in [1.29, 1.82) is 0 Å². The number of benzene rings is 2. The van der Waals surface area contributed by atoms with E-state index in [-0.39, 0.29) is 47.8 Å². The maximum absolute atomic E-state index is 14.5. The number of rotatable bonds is 11. The van der Waals surface area contributed by atoms with Crippen LogP contribution in [0.5, 0.6) is 5.88 Å². The number of alkyl halides is 3. The molecule has 5 rings (SSSR count). The van der Waals surface area contributed by atoms with Gasteiger partial charge in [-0.15, -0.1) is 0 Å². The van der Waals surface area contributed by atoms with E-state index in [1.807, 2.05) is 32.0 Å². The van der Waals surface area contributed by atoms with Gasteiger partial charge in [0, 0.05) is 34.2 Å². The third kappa shape index (κ3) is 8.32. The van der Waals surface area contributed by atoms with Gasteiger partial charge in [-0.25, -0.2) is 9.78 Å². The van der Waals surface area contributed by atoms with E-state index in [4.69, 9.17) is 15.2 Å². The van der Waals surface area contributed by atoms with Gasteiger partial charge >= 0.3 is 12.3 Å². The molecular formula is C34H39F3N5O6S-. The predicted molar refractivity (Wildman–Crippen MR) is 174 cm³/mol. The van der Waals surface area contributed by atoms with Crippen molar-refractivity contribution in [3.63, 3.8) is 0 Å². The van der Waals surface area contributed by atoms with Gasteiger partial charge < -0.3 is 30.0 Å². The van der Waals surface area contributed by atoms with Crippen LogP contribution in [0.25, 0.3) is 11.3 Å². The first-order valence-electron chi connectivity index (χ1n) is 16.0. The number of amides is 2. The Morgan fingerprint density at radius 3 is 2.33 bits per heavy atom. The SMILES string of the molecule is COC(=O)NC1CCC(N(C(=O)c2cccc(S(=O)[O-])c2)[C@@H](COc2cc(-c3c(C)cccc3C)nc(N)n2)CC2(C(F)(F)F)CC2)CC1. The molecule has 15 heteroatoms. The minimum Gasteiger partial charge on any atom is -0.768 e. The predicted octanol–water partition coefficient (Wildman–Crippen LogP) is 5.87. The first-order valence-corrected chi connectivity index (χ1v) is 17.1. The molecule has 49 heavy (non-hydrogen) atoms. The summed E-state index contributed by atoms with van der Waals surface area (Å²) in [6.07, 6.45) is -4.13. The van der Waals surface area contributed by atoms with Crippen molar-refractivity contribution in [2.45, 2.75) is 88.0 Å². The van der Waals surface area contributed by atoms with Crippen LogP contribution < -0.4 is 15.8 Å². The van der Waals surface area contributed by atoms with Crippen molar-refractivity contribution in [1.82, 2.24) is 20.2 Å². The largest absolute Gasteiger partial charge is 0.768 e. The average Bonchev–Trinajstić information content (AvgIpc) is 3.85. The number of halogens is 3. The molecular weight excluding hydrogens is 663 g/mol. The molecule has 2 aliphatic rings. The van der Waals surface area contributed by atoms with Crippen LogP contribution in [0.1, 0.15) is 66.4 Å². The third-order valence-electron chi connectivity index (χ3n) is 9.46. The fourth-order valence-corrected chi connectivity index (χ4v) is 7.14. The highest BCUT2D eigenvalue weighted by molar-refractivity contribution is 7.79. The molecule has 2 aromatic carbocycles. The van der Waals surface area contributed by atoms with Crippen LogP contribution >= 0.6 is 0 Å². The van der Waals surface area contributed by atoms with Gasteiger partial charge in [0.2, 0.25) is 11.8 Å². The number of nitrogen functional groups attached to an aromatic ring is 1. The Hall–Kier alpha value is -4.24. The molecule has 11 nitrogen and oxygen atoms in total. The van der Waals surface area contributed by atoms with E-state index in [9.17, 15) is 31.5 Å². The Morgan fingerprint density at radius 2 is 1.73 bits per heavy atom. The summed E-state index contributed by atoms with van der Waals surface area (Å²) in [5.41, 5.74) is 7.23. The molecule has 0 spiro atoms. The molecule has 3 N–H and O–H groups in total. The van der Waals surface area contributed by atoms with Gasteiger partial charge in [0.1, 0.15) is 6.61 Å². The quantitative estimate of drug-likeness (QED) is 0.233. The van der Waals surface area contributed by atoms with Crippen molar-refractivity contribution in [2.24, 2.45) is 5.41 Å². The Morgan fingerprint density at radius 1 is 1.08 bits per heavy atom. The Bertz CT molecular complexity index is 1690. The fraction of sp³-hybridized carbons (Fsp3) is 0.471. The third-order valence-corrected chi connectivity index (χ3v) is 10.1. The van der Waals surface area contributed by atoms with Crippen LogP contribution in [0.15, 0.2) is 53.4 Å². The minimum atomic E-state index is -4.52. The molecule has 2 aliphatic carbocycles.